The Kier molecular flexibility index (Phi) is 5.26. The van der Waals surface area contributed by atoms with Crippen LogP contribution in [0.25, 0.3) is 10.9 Å². The van der Waals surface area contributed by atoms with Crippen LogP contribution in [0.15, 0.2) is 36.5 Å². The predicted octanol–water partition coefficient (Wildman–Crippen LogP) is 1.06. The molecule has 1 aromatic carbocycles. The minimum atomic E-state index is 0.650. The maximum atomic E-state index is 5.32. The Morgan fingerprint density at radius 3 is 2.85 bits per heavy atom. The summed E-state index contributed by atoms with van der Waals surface area (Å²) in [5, 5.41) is 8.21. The first kappa shape index (κ1) is 14.7. The number of hydrogen-bond acceptors (Lipinski definition) is 2. The highest BCUT2D eigenvalue weighted by Gasteiger charge is 2.03. The van der Waals surface area contributed by atoms with Crippen LogP contribution < -0.4 is 15.5 Å². The number of benzene rings is 1. The molecule has 0 spiro atoms. The zero-order chi connectivity index (χ0) is 14.4. The van der Waals surface area contributed by atoms with E-state index in [4.69, 9.17) is 12.2 Å². The maximum Gasteiger partial charge on any atom is 0.170 e. The Morgan fingerprint density at radius 2 is 2.05 bits per heavy atom. The van der Waals surface area contributed by atoms with Gasteiger partial charge < -0.3 is 15.5 Å². The molecule has 106 valence electrons. The molecule has 20 heavy (non-hydrogen) atoms. The Bertz CT molecular complexity index is 578. The van der Waals surface area contributed by atoms with Crippen LogP contribution in [0.3, 0.4) is 0 Å². The van der Waals surface area contributed by atoms with Gasteiger partial charge in [-0.1, -0.05) is 18.2 Å². The summed E-state index contributed by atoms with van der Waals surface area (Å²) in [5.74, 6) is 0. The van der Waals surface area contributed by atoms with Crippen molar-refractivity contribution < 1.29 is 4.90 Å². The molecule has 0 bridgehead atoms. The fourth-order valence-electron chi connectivity index (χ4n) is 2.02. The summed E-state index contributed by atoms with van der Waals surface area (Å²) in [5.41, 5.74) is 1.88. The van der Waals surface area contributed by atoms with Crippen LogP contribution in [0.1, 0.15) is 6.42 Å². The van der Waals surface area contributed by atoms with Crippen LogP contribution >= 0.6 is 12.2 Å². The molecular weight excluding hydrogens is 268 g/mol. The number of rotatable bonds is 5. The van der Waals surface area contributed by atoms with Crippen molar-refractivity contribution in [3.8, 4) is 0 Å². The minimum Gasteiger partial charge on any atom is -0.362 e. The molecule has 0 unspecified atom stereocenters. The third kappa shape index (κ3) is 4.15. The molecule has 0 amide bonds. The number of hydrogen-bond donors (Lipinski definition) is 3. The molecular formula is C15H21N4S+. The lowest BCUT2D eigenvalue weighted by molar-refractivity contribution is -0.858. The van der Waals surface area contributed by atoms with Gasteiger partial charge in [0.1, 0.15) is 0 Å². The van der Waals surface area contributed by atoms with Crippen molar-refractivity contribution in [1.29, 1.82) is 0 Å². The SMILES string of the molecule is C[NH+](C)CCCNC(=S)Nc1cccc2cccnc12. The van der Waals surface area contributed by atoms with Crippen LogP contribution in [0, 0.1) is 0 Å². The van der Waals surface area contributed by atoms with Crippen LogP contribution in [0.5, 0.6) is 0 Å². The first-order valence-electron chi connectivity index (χ1n) is 6.84. The van der Waals surface area contributed by atoms with Crippen LogP contribution in [-0.2, 0) is 0 Å². The third-order valence-corrected chi connectivity index (χ3v) is 3.27. The van der Waals surface area contributed by atoms with E-state index in [1.54, 1.807) is 6.20 Å². The molecule has 1 aromatic heterocycles. The highest BCUT2D eigenvalue weighted by molar-refractivity contribution is 7.80. The Labute approximate surface area is 125 Å². The second-order valence-corrected chi connectivity index (χ2v) is 5.48. The molecule has 0 fully saturated rings. The van der Waals surface area contributed by atoms with Gasteiger partial charge in [0, 0.05) is 24.5 Å². The fourth-order valence-corrected chi connectivity index (χ4v) is 2.23. The zero-order valence-corrected chi connectivity index (χ0v) is 12.8. The summed E-state index contributed by atoms with van der Waals surface area (Å²) in [6.45, 7) is 2.01. The molecule has 0 radical (unpaired) electrons. The Balaban J connectivity index is 1.93. The van der Waals surface area contributed by atoms with Crippen LogP contribution in [-0.4, -0.2) is 37.3 Å². The van der Waals surface area contributed by atoms with Crippen molar-refractivity contribution in [2.45, 2.75) is 6.42 Å². The second-order valence-electron chi connectivity index (χ2n) is 5.07. The van der Waals surface area contributed by atoms with E-state index >= 15 is 0 Å². The van der Waals surface area contributed by atoms with E-state index in [-0.39, 0.29) is 0 Å². The average molecular weight is 289 g/mol. The molecule has 0 saturated carbocycles. The smallest absolute Gasteiger partial charge is 0.170 e. The van der Waals surface area contributed by atoms with Crippen LogP contribution in [0.2, 0.25) is 0 Å². The molecule has 0 saturated heterocycles. The van der Waals surface area contributed by atoms with Gasteiger partial charge in [-0.25, -0.2) is 0 Å². The predicted molar refractivity (Wildman–Crippen MR) is 88.3 cm³/mol. The topological polar surface area (TPSA) is 41.4 Å². The molecule has 3 N–H and O–H groups in total. The zero-order valence-electron chi connectivity index (χ0n) is 11.9. The molecule has 2 aromatic rings. The molecule has 2 rings (SSSR count). The summed E-state index contributed by atoms with van der Waals surface area (Å²) in [7, 11) is 4.30. The number of quaternary nitrogens is 1. The van der Waals surface area contributed by atoms with E-state index < -0.39 is 0 Å². The third-order valence-electron chi connectivity index (χ3n) is 3.02. The first-order valence-corrected chi connectivity index (χ1v) is 7.25. The number of aromatic nitrogens is 1. The number of para-hydroxylation sites is 1. The van der Waals surface area contributed by atoms with Gasteiger partial charge in [-0.05, 0) is 24.4 Å². The molecule has 0 atom stereocenters. The van der Waals surface area contributed by atoms with Crippen molar-refractivity contribution in [2.75, 3.05) is 32.5 Å². The normalized spacial score (nSPS) is 10.8. The van der Waals surface area contributed by atoms with E-state index in [1.807, 2.05) is 30.3 Å². The molecule has 1 heterocycles. The Morgan fingerprint density at radius 1 is 1.25 bits per heavy atom. The summed E-state index contributed by atoms with van der Waals surface area (Å²) in [6, 6.07) is 10.0. The first-order chi connectivity index (χ1) is 9.66. The quantitative estimate of drug-likeness (QED) is 0.569. The lowest BCUT2D eigenvalue weighted by atomic mass is 10.2. The van der Waals surface area contributed by atoms with Crippen LogP contribution in [0.4, 0.5) is 5.69 Å². The molecule has 5 heteroatoms. The number of pyridine rings is 1. The van der Waals surface area contributed by atoms with E-state index in [0.29, 0.717) is 5.11 Å². The van der Waals surface area contributed by atoms with Crippen molar-refractivity contribution in [3.63, 3.8) is 0 Å². The van der Waals surface area contributed by atoms with E-state index in [0.717, 1.165) is 36.1 Å². The maximum absolute atomic E-state index is 5.32. The lowest BCUT2D eigenvalue weighted by Gasteiger charge is -2.12. The number of thiocarbonyl (C=S) groups is 1. The van der Waals surface area contributed by atoms with E-state index in [1.165, 1.54) is 4.90 Å². The van der Waals surface area contributed by atoms with Crippen molar-refractivity contribution in [2.24, 2.45) is 0 Å². The largest absolute Gasteiger partial charge is 0.362 e. The molecule has 0 aliphatic carbocycles. The summed E-state index contributed by atoms with van der Waals surface area (Å²) in [6.07, 6.45) is 2.89. The lowest BCUT2D eigenvalue weighted by Crippen LogP contribution is -3.05. The van der Waals surface area contributed by atoms with Crippen molar-refractivity contribution >= 4 is 33.9 Å². The van der Waals surface area contributed by atoms with Gasteiger partial charge in [0.25, 0.3) is 0 Å². The monoisotopic (exact) mass is 289 g/mol. The van der Waals surface area contributed by atoms with Gasteiger partial charge in [0.15, 0.2) is 5.11 Å². The highest BCUT2D eigenvalue weighted by atomic mass is 32.1. The van der Waals surface area contributed by atoms with E-state index in [2.05, 4.69) is 29.7 Å². The van der Waals surface area contributed by atoms with Crippen molar-refractivity contribution in [3.05, 3.63) is 36.5 Å². The standard InChI is InChI=1S/C15H20N4S/c1-19(2)11-5-10-17-15(20)18-13-8-3-6-12-7-4-9-16-14(12)13/h3-4,6-9H,5,10-11H2,1-2H3,(H2,17,18,20)/p+1. The van der Waals surface area contributed by atoms with Gasteiger partial charge in [-0.2, -0.15) is 0 Å². The summed E-state index contributed by atoms with van der Waals surface area (Å²) < 4.78 is 0. The average Bonchev–Trinajstić information content (AvgIpc) is 2.44. The number of nitrogens with zero attached hydrogens (tertiary/aromatic N) is 1. The summed E-state index contributed by atoms with van der Waals surface area (Å²) in [4.78, 5) is 5.85. The summed E-state index contributed by atoms with van der Waals surface area (Å²) >= 11 is 5.32. The number of nitrogens with one attached hydrogen (secondary N) is 3. The highest BCUT2D eigenvalue weighted by Crippen LogP contribution is 2.20. The van der Waals surface area contributed by atoms with Gasteiger partial charge in [-0.15, -0.1) is 0 Å². The number of fused-ring (bicyclic) bond motifs is 1. The van der Waals surface area contributed by atoms with Crippen molar-refractivity contribution in [1.82, 2.24) is 10.3 Å². The second kappa shape index (κ2) is 7.17. The molecule has 4 nitrogen and oxygen atoms in total. The van der Waals surface area contributed by atoms with E-state index in [9.17, 15) is 0 Å². The van der Waals surface area contributed by atoms with Gasteiger partial charge >= 0.3 is 0 Å². The van der Waals surface area contributed by atoms with Gasteiger partial charge in [0.2, 0.25) is 0 Å². The van der Waals surface area contributed by atoms with Gasteiger partial charge in [0.05, 0.1) is 31.8 Å². The molecule has 0 aliphatic rings. The minimum absolute atomic E-state index is 0.650. The fraction of sp³-hybridized carbons (Fsp3) is 0.333. The Hall–Kier alpha value is -1.72. The van der Waals surface area contributed by atoms with Gasteiger partial charge in [-0.3, -0.25) is 4.98 Å². The number of anilines is 1. The molecule has 0 aliphatic heterocycles.